The van der Waals surface area contributed by atoms with Crippen molar-refractivity contribution < 1.29 is 9.59 Å². The number of piperidine rings is 1. The van der Waals surface area contributed by atoms with Gasteiger partial charge in [-0.15, -0.1) is 0 Å². The van der Waals surface area contributed by atoms with Gasteiger partial charge >= 0.3 is 0 Å². The molecule has 1 aliphatic rings. The molecule has 0 unspecified atom stereocenters. The number of benzene rings is 1. The third-order valence-corrected chi connectivity index (χ3v) is 5.84. The summed E-state index contributed by atoms with van der Waals surface area (Å²) in [5, 5.41) is 7.54. The van der Waals surface area contributed by atoms with Crippen molar-refractivity contribution in [3.8, 4) is 11.5 Å². The molecule has 0 aliphatic carbocycles. The molecule has 8 nitrogen and oxygen atoms in total. The molecule has 2 amide bonds. The van der Waals surface area contributed by atoms with Gasteiger partial charge in [-0.1, -0.05) is 18.2 Å². The van der Waals surface area contributed by atoms with E-state index in [1.54, 1.807) is 10.9 Å². The smallest absolute Gasteiger partial charge is 0.259 e. The Morgan fingerprint density at radius 3 is 2.41 bits per heavy atom. The van der Waals surface area contributed by atoms with Crippen molar-refractivity contribution in [1.82, 2.24) is 29.5 Å². The number of nitrogens with zero attached hydrogens (tertiary/aromatic N) is 5. The fourth-order valence-electron chi connectivity index (χ4n) is 4.04. The van der Waals surface area contributed by atoms with E-state index in [-0.39, 0.29) is 17.7 Å². The number of rotatable bonds is 7. The molecule has 1 fully saturated rings. The maximum Gasteiger partial charge on any atom is 0.259 e. The molecule has 1 saturated heterocycles. The maximum absolute atomic E-state index is 13.4. The minimum absolute atomic E-state index is 0.0443. The molecule has 3 heterocycles. The van der Waals surface area contributed by atoms with Crippen LogP contribution in [0.1, 0.15) is 23.2 Å². The number of carbonyl (C=O) groups is 2. The molecule has 3 aromatic rings. The van der Waals surface area contributed by atoms with Crippen molar-refractivity contribution in [3.05, 3.63) is 66.6 Å². The highest BCUT2D eigenvalue weighted by Crippen LogP contribution is 2.24. The van der Waals surface area contributed by atoms with Crippen LogP contribution >= 0.6 is 0 Å². The fraction of sp³-hybridized carbons (Fsp3) is 0.375. The number of likely N-dealkylation sites (tertiary alicyclic amines) is 1. The molecule has 0 atom stereocenters. The zero-order valence-electron chi connectivity index (χ0n) is 18.6. The van der Waals surface area contributed by atoms with Gasteiger partial charge in [0.1, 0.15) is 5.56 Å². The lowest BCUT2D eigenvalue weighted by Crippen LogP contribution is -2.44. The molecule has 8 heteroatoms. The van der Waals surface area contributed by atoms with Gasteiger partial charge < -0.3 is 19.7 Å². The number of hydrogen-bond acceptors (Lipinski definition) is 4. The Hall–Kier alpha value is -3.39. The Morgan fingerprint density at radius 2 is 1.75 bits per heavy atom. The Morgan fingerprint density at radius 1 is 1.06 bits per heavy atom. The molecule has 1 aromatic carbocycles. The van der Waals surface area contributed by atoms with E-state index in [1.807, 2.05) is 83.3 Å². The van der Waals surface area contributed by atoms with Gasteiger partial charge in [0.05, 0.1) is 11.9 Å². The Labute approximate surface area is 188 Å². The molecular formula is C24H30N6O2. The van der Waals surface area contributed by atoms with E-state index in [2.05, 4.69) is 10.4 Å². The van der Waals surface area contributed by atoms with Crippen molar-refractivity contribution in [2.75, 3.05) is 40.3 Å². The van der Waals surface area contributed by atoms with Crippen LogP contribution in [0.3, 0.4) is 0 Å². The molecule has 0 saturated carbocycles. The van der Waals surface area contributed by atoms with Crippen LogP contribution < -0.4 is 5.32 Å². The van der Waals surface area contributed by atoms with Crippen LogP contribution in [0.4, 0.5) is 0 Å². The summed E-state index contributed by atoms with van der Waals surface area (Å²) in [4.78, 5) is 29.8. The highest BCUT2D eigenvalue weighted by molar-refractivity contribution is 5.97. The first-order valence-corrected chi connectivity index (χ1v) is 11.0. The SMILES string of the molecule is CN(C)CCNC(=O)C1CCN(C(=O)c2cnn(-c3ccccc3)c2-n2cccc2)CC1. The lowest BCUT2D eigenvalue weighted by molar-refractivity contribution is -0.126. The van der Waals surface area contributed by atoms with Gasteiger partial charge in [0.25, 0.3) is 5.91 Å². The number of para-hydroxylation sites is 1. The summed E-state index contributed by atoms with van der Waals surface area (Å²) in [6.07, 6.45) is 6.82. The summed E-state index contributed by atoms with van der Waals surface area (Å²) in [6, 6.07) is 13.6. The van der Waals surface area contributed by atoms with Crippen molar-refractivity contribution in [2.45, 2.75) is 12.8 Å². The molecule has 2 aromatic heterocycles. The minimum Gasteiger partial charge on any atom is -0.355 e. The highest BCUT2D eigenvalue weighted by Gasteiger charge is 2.30. The second-order valence-electron chi connectivity index (χ2n) is 8.38. The molecule has 4 rings (SSSR count). The van der Waals surface area contributed by atoms with Crippen molar-refractivity contribution in [1.29, 1.82) is 0 Å². The van der Waals surface area contributed by atoms with E-state index in [0.29, 0.717) is 38.0 Å². The van der Waals surface area contributed by atoms with Gasteiger partial charge in [-0.05, 0) is 51.2 Å². The molecule has 1 aliphatic heterocycles. The molecule has 0 radical (unpaired) electrons. The van der Waals surface area contributed by atoms with Crippen molar-refractivity contribution in [3.63, 3.8) is 0 Å². The van der Waals surface area contributed by atoms with Gasteiger partial charge in [0.15, 0.2) is 5.82 Å². The van der Waals surface area contributed by atoms with E-state index in [0.717, 1.165) is 18.1 Å². The normalized spacial score (nSPS) is 14.7. The molecule has 0 bridgehead atoms. The lowest BCUT2D eigenvalue weighted by Gasteiger charge is -2.31. The monoisotopic (exact) mass is 434 g/mol. The first-order valence-electron chi connectivity index (χ1n) is 11.0. The maximum atomic E-state index is 13.4. The predicted octanol–water partition coefficient (Wildman–Crippen LogP) is 2.19. The van der Waals surface area contributed by atoms with E-state index in [4.69, 9.17) is 0 Å². The number of aromatic nitrogens is 3. The fourth-order valence-corrected chi connectivity index (χ4v) is 4.04. The topological polar surface area (TPSA) is 75.4 Å². The van der Waals surface area contributed by atoms with E-state index < -0.39 is 0 Å². The average molecular weight is 435 g/mol. The zero-order chi connectivity index (χ0) is 22.5. The molecular weight excluding hydrogens is 404 g/mol. The average Bonchev–Trinajstić information content (AvgIpc) is 3.49. The third-order valence-electron chi connectivity index (χ3n) is 5.84. The third kappa shape index (κ3) is 4.75. The van der Waals surface area contributed by atoms with E-state index in [9.17, 15) is 9.59 Å². The Kier molecular flexibility index (Phi) is 6.70. The van der Waals surface area contributed by atoms with Gasteiger partial charge in [-0.2, -0.15) is 5.10 Å². The quantitative estimate of drug-likeness (QED) is 0.619. The first kappa shape index (κ1) is 21.8. The van der Waals surface area contributed by atoms with Crippen LogP contribution in [-0.2, 0) is 4.79 Å². The van der Waals surface area contributed by atoms with Crippen LogP contribution in [0.2, 0.25) is 0 Å². The second kappa shape index (κ2) is 9.82. The molecule has 1 N–H and O–H groups in total. The van der Waals surface area contributed by atoms with Gasteiger partial charge in [-0.3, -0.25) is 9.59 Å². The number of likely N-dealkylation sites (N-methyl/N-ethyl adjacent to an activating group) is 1. The van der Waals surface area contributed by atoms with Crippen LogP contribution in [-0.4, -0.2) is 76.2 Å². The Balaban J connectivity index is 1.48. The predicted molar refractivity (Wildman–Crippen MR) is 123 cm³/mol. The number of carbonyl (C=O) groups excluding carboxylic acids is 2. The number of hydrogen-bond donors (Lipinski definition) is 1. The lowest BCUT2D eigenvalue weighted by atomic mass is 9.95. The summed E-state index contributed by atoms with van der Waals surface area (Å²) in [6.45, 7) is 2.58. The van der Waals surface area contributed by atoms with Crippen LogP contribution in [0.5, 0.6) is 0 Å². The molecule has 32 heavy (non-hydrogen) atoms. The summed E-state index contributed by atoms with van der Waals surface area (Å²) in [5.74, 6) is 0.707. The summed E-state index contributed by atoms with van der Waals surface area (Å²) in [5.41, 5.74) is 1.45. The first-order chi connectivity index (χ1) is 15.5. The van der Waals surface area contributed by atoms with Crippen molar-refractivity contribution in [2.24, 2.45) is 5.92 Å². The van der Waals surface area contributed by atoms with Gasteiger partial charge in [0.2, 0.25) is 5.91 Å². The minimum atomic E-state index is -0.0534. The van der Waals surface area contributed by atoms with E-state index >= 15 is 0 Å². The molecule has 168 valence electrons. The van der Waals surface area contributed by atoms with Crippen LogP contribution in [0.15, 0.2) is 61.1 Å². The van der Waals surface area contributed by atoms with Crippen molar-refractivity contribution >= 4 is 11.8 Å². The van der Waals surface area contributed by atoms with Gasteiger partial charge in [-0.25, -0.2) is 4.68 Å². The van der Waals surface area contributed by atoms with Crippen LogP contribution in [0, 0.1) is 5.92 Å². The zero-order valence-corrected chi connectivity index (χ0v) is 18.6. The summed E-state index contributed by atoms with van der Waals surface area (Å²) >= 11 is 0. The second-order valence-corrected chi connectivity index (χ2v) is 8.38. The standard InChI is InChI=1S/C24H30N6O2/c1-27(2)17-12-25-22(31)19-10-15-29(16-11-19)24(32)21-18-26-30(20-8-4-3-5-9-20)23(21)28-13-6-7-14-28/h3-9,13-14,18-19H,10-12,15-17H2,1-2H3,(H,25,31). The molecule has 0 spiro atoms. The number of amides is 2. The summed E-state index contributed by atoms with van der Waals surface area (Å²) < 4.78 is 3.70. The van der Waals surface area contributed by atoms with Gasteiger partial charge in [0, 0.05) is 44.5 Å². The van der Waals surface area contributed by atoms with Crippen LogP contribution in [0.25, 0.3) is 11.5 Å². The Bertz CT molecular complexity index is 1030. The number of nitrogens with one attached hydrogen (secondary N) is 1. The highest BCUT2D eigenvalue weighted by atomic mass is 16.2. The summed E-state index contributed by atoms with van der Waals surface area (Å²) in [7, 11) is 3.97. The van der Waals surface area contributed by atoms with E-state index in [1.165, 1.54) is 0 Å². The largest absolute Gasteiger partial charge is 0.355 e.